The fourth-order valence-corrected chi connectivity index (χ4v) is 5.47. The van der Waals surface area contributed by atoms with Crippen molar-refractivity contribution in [2.45, 2.75) is 30.7 Å². The van der Waals surface area contributed by atoms with Crippen molar-refractivity contribution in [3.05, 3.63) is 28.8 Å². The van der Waals surface area contributed by atoms with E-state index in [0.717, 1.165) is 11.8 Å². The Bertz CT molecular complexity index is 785. The maximum atomic E-state index is 12.7. The van der Waals surface area contributed by atoms with Crippen LogP contribution in [0.5, 0.6) is 0 Å². The highest BCUT2D eigenvalue weighted by atomic mass is 35.5. The van der Waals surface area contributed by atoms with Crippen LogP contribution in [-0.4, -0.2) is 57.9 Å². The second-order valence-corrected chi connectivity index (χ2v) is 10.2. The van der Waals surface area contributed by atoms with Gasteiger partial charge in [0, 0.05) is 26.2 Å². The second kappa shape index (κ2) is 6.68. The van der Waals surface area contributed by atoms with Gasteiger partial charge < -0.3 is 0 Å². The lowest BCUT2D eigenvalue weighted by molar-refractivity contribution is 0.239. The molecule has 1 aromatic rings. The minimum Gasteiger partial charge on any atom is -0.213 e. The highest BCUT2D eigenvalue weighted by molar-refractivity contribution is 7.89. The molecular weight excluding hydrogens is 360 g/mol. The van der Waals surface area contributed by atoms with Crippen molar-refractivity contribution in [3.8, 4) is 0 Å². The Morgan fingerprint density at radius 3 is 2.22 bits per heavy atom. The van der Waals surface area contributed by atoms with Crippen molar-refractivity contribution in [1.82, 2.24) is 8.61 Å². The maximum absolute atomic E-state index is 12.7. The molecule has 0 aromatic heterocycles. The van der Waals surface area contributed by atoms with Crippen LogP contribution in [0.1, 0.15) is 18.4 Å². The molecular formula is C14H21ClN2O4S2. The molecule has 1 saturated heterocycles. The van der Waals surface area contributed by atoms with E-state index in [-0.39, 0.29) is 29.0 Å². The molecule has 0 aliphatic carbocycles. The van der Waals surface area contributed by atoms with E-state index in [4.69, 9.17) is 11.6 Å². The first-order valence-electron chi connectivity index (χ1n) is 7.23. The van der Waals surface area contributed by atoms with Crippen LogP contribution in [-0.2, 0) is 20.0 Å². The molecule has 1 fully saturated rings. The number of benzene rings is 1. The van der Waals surface area contributed by atoms with E-state index in [1.807, 2.05) is 6.92 Å². The van der Waals surface area contributed by atoms with Crippen LogP contribution in [0.25, 0.3) is 0 Å². The van der Waals surface area contributed by atoms with Crippen LogP contribution in [0.4, 0.5) is 0 Å². The molecule has 1 aromatic carbocycles. The fourth-order valence-electron chi connectivity index (χ4n) is 2.67. The maximum Gasteiger partial charge on any atom is 0.244 e. The number of rotatable bonds is 4. The summed E-state index contributed by atoms with van der Waals surface area (Å²) in [6.07, 6.45) is 2.08. The van der Waals surface area contributed by atoms with Crippen molar-refractivity contribution in [1.29, 1.82) is 0 Å². The molecule has 130 valence electrons. The molecule has 0 saturated carbocycles. The third-order valence-electron chi connectivity index (χ3n) is 4.17. The Morgan fingerprint density at radius 1 is 1.17 bits per heavy atom. The van der Waals surface area contributed by atoms with E-state index < -0.39 is 20.0 Å². The predicted molar refractivity (Wildman–Crippen MR) is 90.6 cm³/mol. The lowest BCUT2D eigenvalue weighted by Crippen LogP contribution is -2.46. The van der Waals surface area contributed by atoms with E-state index in [1.54, 1.807) is 12.1 Å². The highest BCUT2D eigenvalue weighted by Gasteiger charge is 2.33. The molecule has 23 heavy (non-hydrogen) atoms. The number of piperidine rings is 1. The average molecular weight is 381 g/mol. The largest absolute Gasteiger partial charge is 0.244 e. The van der Waals surface area contributed by atoms with E-state index in [9.17, 15) is 16.8 Å². The number of halogens is 1. The quantitative estimate of drug-likeness (QED) is 0.796. The Hall–Kier alpha value is -0.670. The topological polar surface area (TPSA) is 74.8 Å². The van der Waals surface area contributed by atoms with Gasteiger partial charge >= 0.3 is 0 Å². The van der Waals surface area contributed by atoms with E-state index in [1.165, 1.54) is 21.7 Å². The number of hydrogen-bond donors (Lipinski definition) is 0. The summed E-state index contributed by atoms with van der Waals surface area (Å²) in [4.78, 5) is 0.0969. The molecule has 0 unspecified atom stereocenters. The Labute approximate surface area is 143 Å². The standard InChI is InChI=1S/C14H21ClN2O4S2/c1-11-4-5-14(13(15)10-11)23(20,21)17-8-6-12(7-9-17)16(2)22(3,18)19/h4-5,10,12H,6-9H2,1-3H3. The van der Waals surface area contributed by atoms with Gasteiger partial charge in [0.1, 0.15) is 4.90 Å². The van der Waals surface area contributed by atoms with Gasteiger partial charge in [0.05, 0.1) is 11.3 Å². The zero-order chi connectivity index (χ0) is 17.4. The van der Waals surface area contributed by atoms with Crippen LogP contribution < -0.4 is 0 Å². The van der Waals surface area contributed by atoms with Gasteiger partial charge in [-0.15, -0.1) is 0 Å². The van der Waals surface area contributed by atoms with Gasteiger partial charge in [-0.2, -0.15) is 4.31 Å². The normalized spacial score (nSPS) is 18.5. The molecule has 1 heterocycles. The summed E-state index contributed by atoms with van der Waals surface area (Å²) in [6.45, 7) is 2.39. The SMILES string of the molecule is Cc1ccc(S(=O)(=O)N2CCC(N(C)S(C)(=O)=O)CC2)c(Cl)c1. The summed E-state index contributed by atoms with van der Waals surface area (Å²) < 4.78 is 51.3. The molecule has 9 heteroatoms. The van der Waals surface area contributed by atoms with E-state index in [0.29, 0.717) is 12.8 Å². The molecule has 0 atom stereocenters. The molecule has 2 rings (SSSR count). The Balaban J connectivity index is 2.16. The zero-order valence-electron chi connectivity index (χ0n) is 13.4. The van der Waals surface area contributed by atoms with Gasteiger partial charge in [-0.05, 0) is 37.5 Å². The number of nitrogens with zero attached hydrogens (tertiary/aromatic N) is 2. The van der Waals surface area contributed by atoms with Gasteiger partial charge in [-0.1, -0.05) is 17.7 Å². The van der Waals surface area contributed by atoms with Gasteiger partial charge in [-0.3, -0.25) is 0 Å². The molecule has 1 aliphatic rings. The van der Waals surface area contributed by atoms with Crippen LogP contribution in [0.15, 0.2) is 23.1 Å². The molecule has 0 amide bonds. The zero-order valence-corrected chi connectivity index (χ0v) is 15.7. The lowest BCUT2D eigenvalue weighted by atomic mass is 10.1. The van der Waals surface area contributed by atoms with Crippen molar-refractivity contribution in [3.63, 3.8) is 0 Å². The van der Waals surface area contributed by atoms with Crippen LogP contribution in [0.3, 0.4) is 0 Å². The smallest absolute Gasteiger partial charge is 0.213 e. The van der Waals surface area contributed by atoms with Gasteiger partial charge in [0.2, 0.25) is 20.0 Å². The van der Waals surface area contributed by atoms with Gasteiger partial charge in [0.15, 0.2) is 0 Å². The molecule has 0 N–H and O–H groups in total. The molecule has 0 radical (unpaired) electrons. The second-order valence-electron chi connectivity index (χ2n) is 5.85. The first-order chi connectivity index (χ1) is 10.5. The van der Waals surface area contributed by atoms with Crippen molar-refractivity contribution in [2.24, 2.45) is 0 Å². The average Bonchev–Trinajstić information content (AvgIpc) is 2.45. The summed E-state index contributed by atoms with van der Waals surface area (Å²) in [5.74, 6) is 0. The summed E-state index contributed by atoms with van der Waals surface area (Å²) in [6, 6.07) is 4.67. The lowest BCUT2D eigenvalue weighted by Gasteiger charge is -2.35. The molecule has 0 bridgehead atoms. The Morgan fingerprint density at radius 2 is 1.74 bits per heavy atom. The van der Waals surface area contributed by atoms with Gasteiger partial charge in [0.25, 0.3) is 0 Å². The summed E-state index contributed by atoms with van der Waals surface area (Å²) in [5.41, 5.74) is 0.891. The third-order valence-corrected chi connectivity index (χ3v) is 7.89. The fraction of sp³-hybridized carbons (Fsp3) is 0.571. The van der Waals surface area contributed by atoms with Crippen LogP contribution >= 0.6 is 11.6 Å². The Kier molecular flexibility index (Phi) is 5.42. The monoisotopic (exact) mass is 380 g/mol. The van der Waals surface area contributed by atoms with Crippen LogP contribution in [0, 0.1) is 6.92 Å². The molecule has 1 aliphatic heterocycles. The first kappa shape index (κ1) is 18.7. The van der Waals surface area contributed by atoms with Crippen LogP contribution in [0.2, 0.25) is 5.02 Å². The predicted octanol–water partition coefficient (Wildman–Crippen LogP) is 1.69. The van der Waals surface area contributed by atoms with E-state index in [2.05, 4.69) is 0 Å². The number of sulfonamides is 2. The molecule has 0 spiro atoms. The number of hydrogen-bond acceptors (Lipinski definition) is 4. The minimum absolute atomic E-state index is 0.0969. The van der Waals surface area contributed by atoms with Crippen molar-refractivity contribution >= 4 is 31.6 Å². The summed E-state index contributed by atoms with van der Waals surface area (Å²) in [7, 11) is -5.41. The van der Waals surface area contributed by atoms with Crippen molar-refractivity contribution < 1.29 is 16.8 Å². The van der Waals surface area contributed by atoms with Crippen molar-refractivity contribution in [2.75, 3.05) is 26.4 Å². The summed E-state index contributed by atoms with van der Waals surface area (Å²) in [5, 5.41) is 0.209. The van der Waals surface area contributed by atoms with E-state index >= 15 is 0 Å². The van der Waals surface area contributed by atoms with Gasteiger partial charge in [-0.25, -0.2) is 21.1 Å². The molecule has 6 nitrogen and oxygen atoms in total. The first-order valence-corrected chi connectivity index (χ1v) is 10.9. The minimum atomic E-state index is -3.66. The number of aryl methyl sites for hydroxylation is 1. The summed E-state index contributed by atoms with van der Waals surface area (Å²) >= 11 is 6.08. The third kappa shape index (κ3) is 4.06. The highest BCUT2D eigenvalue weighted by Crippen LogP contribution is 2.28.